The van der Waals surface area contributed by atoms with Gasteiger partial charge in [-0.2, -0.15) is 0 Å². The first-order valence-corrected chi connectivity index (χ1v) is 10.3. The minimum absolute atomic E-state index is 0.0372. The molecule has 9 nitrogen and oxygen atoms in total. The van der Waals surface area contributed by atoms with Gasteiger partial charge in [0.2, 0.25) is 17.1 Å². The van der Waals surface area contributed by atoms with E-state index in [2.05, 4.69) is 5.32 Å². The molecule has 174 valence electrons. The molecule has 2 aromatic rings. The summed E-state index contributed by atoms with van der Waals surface area (Å²) in [4.78, 5) is 48.2. The number of hydrogen-bond donors (Lipinski definition) is 1. The van der Waals surface area contributed by atoms with Gasteiger partial charge in [-0.15, -0.1) is 0 Å². The Balaban J connectivity index is 2.42. The molecule has 0 aliphatic heterocycles. The predicted molar refractivity (Wildman–Crippen MR) is 119 cm³/mol. The molecule has 1 aliphatic carbocycles. The summed E-state index contributed by atoms with van der Waals surface area (Å²) in [5, 5.41) is 2.89. The van der Waals surface area contributed by atoms with Crippen LogP contribution in [0.3, 0.4) is 0 Å². The normalized spacial score (nSPS) is 14.2. The van der Waals surface area contributed by atoms with Crippen LogP contribution in [0.25, 0.3) is 11.1 Å². The summed E-state index contributed by atoms with van der Waals surface area (Å²) in [6.07, 6.45) is 0.913. The van der Waals surface area contributed by atoms with Gasteiger partial charge in [-0.3, -0.25) is 19.2 Å². The monoisotopic (exact) mass is 455 g/mol. The number of fused-ring (bicyclic) bond motifs is 3. The molecule has 9 heteroatoms. The van der Waals surface area contributed by atoms with Gasteiger partial charge in [-0.05, 0) is 47.7 Å². The van der Waals surface area contributed by atoms with Gasteiger partial charge in [-0.25, -0.2) is 0 Å². The van der Waals surface area contributed by atoms with Gasteiger partial charge in [0.05, 0.1) is 20.3 Å². The Labute approximate surface area is 190 Å². The maximum absolute atomic E-state index is 12.7. The fourth-order valence-corrected chi connectivity index (χ4v) is 3.99. The number of benzene rings is 1. The molecule has 0 spiro atoms. The van der Waals surface area contributed by atoms with Gasteiger partial charge in [-0.1, -0.05) is 6.07 Å². The average Bonchev–Trinajstić information content (AvgIpc) is 2.97. The van der Waals surface area contributed by atoms with Crippen molar-refractivity contribution in [2.75, 3.05) is 14.2 Å². The summed E-state index contributed by atoms with van der Waals surface area (Å²) in [6.45, 7) is 3.86. The summed E-state index contributed by atoms with van der Waals surface area (Å²) < 4.78 is 21.5. The summed E-state index contributed by atoms with van der Waals surface area (Å²) >= 11 is 0. The molecule has 1 aliphatic rings. The van der Waals surface area contributed by atoms with E-state index in [1.807, 2.05) is 0 Å². The largest absolute Gasteiger partial charge is 0.493 e. The van der Waals surface area contributed by atoms with Gasteiger partial charge in [0.25, 0.3) is 0 Å². The molecular weight excluding hydrogens is 430 g/mol. The maximum Gasteiger partial charge on any atom is 0.308 e. The topological polar surface area (TPSA) is 117 Å². The molecule has 0 heterocycles. The Morgan fingerprint density at radius 2 is 1.61 bits per heavy atom. The molecule has 0 unspecified atom stereocenters. The molecule has 0 saturated carbocycles. The maximum atomic E-state index is 12.7. The van der Waals surface area contributed by atoms with Gasteiger partial charge in [0.1, 0.15) is 0 Å². The van der Waals surface area contributed by atoms with E-state index in [-0.39, 0.29) is 34.3 Å². The minimum atomic E-state index is -0.631. The molecule has 0 fully saturated rings. The van der Waals surface area contributed by atoms with E-state index in [1.54, 1.807) is 12.1 Å². The predicted octanol–water partition coefficient (Wildman–Crippen LogP) is 2.71. The minimum Gasteiger partial charge on any atom is -0.493 e. The second-order valence-electron chi connectivity index (χ2n) is 7.53. The molecule has 33 heavy (non-hydrogen) atoms. The average molecular weight is 455 g/mol. The van der Waals surface area contributed by atoms with Crippen LogP contribution >= 0.6 is 0 Å². The van der Waals surface area contributed by atoms with Crippen LogP contribution in [0, 0.1) is 0 Å². The van der Waals surface area contributed by atoms with Crippen LogP contribution < -0.4 is 29.7 Å². The summed E-state index contributed by atoms with van der Waals surface area (Å²) in [5.41, 5.74) is 2.08. The number of methoxy groups -OCH3 is 2. The third-order valence-corrected chi connectivity index (χ3v) is 5.17. The lowest BCUT2D eigenvalue weighted by Crippen LogP contribution is -2.26. The van der Waals surface area contributed by atoms with E-state index in [1.165, 1.54) is 47.1 Å². The zero-order valence-corrected chi connectivity index (χ0v) is 19.1. The highest BCUT2D eigenvalue weighted by Crippen LogP contribution is 2.50. The number of amides is 1. The SMILES string of the molecule is COc1c(OC(C)=O)c(OC(C)=O)cc2c1-c1ccc(OC)c(=O)cc1[C@@H](NC(C)=O)CC2. The van der Waals surface area contributed by atoms with Crippen LogP contribution in [-0.4, -0.2) is 32.1 Å². The third-order valence-electron chi connectivity index (χ3n) is 5.17. The van der Waals surface area contributed by atoms with Crippen LogP contribution in [0.5, 0.6) is 23.0 Å². The van der Waals surface area contributed by atoms with E-state index >= 15 is 0 Å². The Hall–Kier alpha value is -3.88. The van der Waals surface area contributed by atoms with Crippen molar-refractivity contribution >= 4 is 17.8 Å². The number of carbonyl (C=O) groups excluding carboxylic acids is 3. The summed E-state index contributed by atoms with van der Waals surface area (Å²) in [6, 6.07) is 5.79. The zero-order chi connectivity index (χ0) is 24.3. The number of esters is 2. The second-order valence-corrected chi connectivity index (χ2v) is 7.53. The number of aryl methyl sites for hydroxylation is 1. The second kappa shape index (κ2) is 9.72. The van der Waals surface area contributed by atoms with Crippen molar-refractivity contribution in [3.63, 3.8) is 0 Å². The van der Waals surface area contributed by atoms with Crippen molar-refractivity contribution in [1.82, 2.24) is 5.32 Å². The van der Waals surface area contributed by atoms with Gasteiger partial charge >= 0.3 is 11.9 Å². The quantitative estimate of drug-likeness (QED) is 0.540. The lowest BCUT2D eigenvalue weighted by Gasteiger charge is -2.20. The van der Waals surface area contributed by atoms with Crippen molar-refractivity contribution in [2.24, 2.45) is 0 Å². The fourth-order valence-electron chi connectivity index (χ4n) is 3.99. The van der Waals surface area contributed by atoms with E-state index in [0.717, 1.165) is 5.56 Å². The highest BCUT2D eigenvalue weighted by molar-refractivity contribution is 5.86. The van der Waals surface area contributed by atoms with Gasteiger partial charge in [0, 0.05) is 26.3 Å². The van der Waals surface area contributed by atoms with Crippen molar-refractivity contribution in [1.29, 1.82) is 0 Å². The Morgan fingerprint density at radius 3 is 2.18 bits per heavy atom. The van der Waals surface area contributed by atoms with Gasteiger partial charge < -0.3 is 24.3 Å². The molecule has 0 saturated heterocycles. The fraction of sp³-hybridized carbons (Fsp3) is 0.333. The molecule has 0 aromatic heterocycles. The number of rotatable bonds is 5. The standard InChI is InChI=1S/C24H25NO8/c1-12(26)25-18-8-6-15-10-21(32-13(2)27)23(33-14(3)28)24(31-5)22(15)16-7-9-20(30-4)19(29)11-17(16)18/h7,9-11,18H,6,8H2,1-5H3,(H,25,26)/t18-/m0/s1. The molecule has 0 radical (unpaired) electrons. The van der Waals surface area contributed by atoms with E-state index in [4.69, 9.17) is 18.9 Å². The highest BCUT2D eigenvalue weighted by atomic mass is 16.6. The molecule has 1 amide bonds. The molecular formula is C24H25NO8. The number of carbonyl (C=O) groups is 3. The Morgan fingerprint density at radius 1 is 0.909 bits per heavy atom. The summed E-state index contributed by atoms with van der Waals surface area (Å²) in [7, 11) is 2.80. The first-order valence-electron chi connectivity index (χ1n) is 10.3. The van der Waals surface area contributed by atoms with Crippen molar-refractivity contribution < 1.29 is 33.3 Å². The Bertz CT molecular complexity index is 1190. The summed E-state index contributed by atoms with van der Waals surface area (Å²) in [5.74, 6) is -1.20. The highest BCUT2D eigenvalue weighted by Gasteiger charge is 2.30. The first kappa shape index (κ1) is 23.8. The van der Waals surface area contributed by atoms with Crippen LogP contribution in [0.15, 0.2) is 29.1 Å². The zero-order valence-electron chi connectivity index (χ0n) is 19.1. The molecule has 1 atom stereocenters. The number of nitrogens with one attached hydrogen (secondary N) is 1. The molecule has 2 aromatic carbocycles. The molecule has 0 bridgehead atoms. The van der Waals surface area contributed by atoms with E-state index in [9.17, 15) is 19.2 Å². The van der Waals surface area contributed by atoms with E-state index < -0.39 is 18.0 Å². The Kier molecular flexibility index (Phi) is 7.01. The lowest BCUT2D eigenvalue weighted by molar-refractivity contribution is -0.134. The lowest BCUT2D eigenvalue weighted by atomic mass is 9.95. The molecule has 1 N–H and O–H groups in total. The third kappa shape index (κ3) is 4.97. The van der Waals surface area contributed by atoms with Crippen LogP contribution in [0.2, 0.25) is 0 Å². The first-order chi connectivity index (χ1) is 15.7. The smallest absolute Gasteiger partial charge is 0.308 e. The van der Waals surface area contributed by atoms with Crippen LogP contribution in [0.4, 0.5) is 0 Å². The molecule has 3 rings (SSSR count). The van der Waals surface area contributed by atoms with Crippen molar-refractivity contribution in [2.45, 2.75) is 39.7 Å². The number of ether oxygens (including phenoxy) is 4. The van der Waals surface area contributed by atoms with Crippen LogP contribution in [-0.2, 0) is 20.8 Å². The van der Waals surface area contributed by atoms with Crippen LogP contribution in [0.1, 0.15) is 44.4 Å². The number of hydrogen-bond acceptors (Lipinski definition) is 8. The van der Waals surface area contributed by atoms with Crippen molar-refractivity contribution in [3.05, 3.63) is 45.6 Å². The van der Waals surface area contributed by atoms with E-state index in [0.29, 0.717) is 29.5 Å². The van der Waals surface area contributed by atoms with Gasteiger partial charge in [0.15, 0.2) is 17.2 Å². The van der Waals surface area contributed by atoms with Crippen molar-refractivity contribution in [3.8, 4) is 34.1 Å².